The average molecular weight is 599 g/mol. The van der Waals surface area contributed by atoms with E-state index in [1.807, 2.05) is 30.1 Å². The first-order chi connectivity index (χ1) is 17.2. The number of benzene rings is 3. The summed E-state index contributed by atoms with van der Waals surface area (Å²) in [5, 5.41) is 12.2. The van der Waals surface area contributed by atoms with Crippen LogP contribution in [-0.2, 0) is 10.3 Å². The summed E-state index contributed by atoms with van der Waals surface area (Å²) in [6.07, 6.45) is 8.30. The number of carbonyl (C=O) groups excluding carboxylic acids is 1. The summed E-state index contributed by atoms with van der Waals surface area (Å²) in [6.45, 7) is 0. The summed E-state index contributed by atoms with van der Waals surface area (Å²) in [4.78, 5) is 15.3. The number of ether oxygens (including phenoxy) is 2. The topological polar surface area (TPSA) is 61.8 Å². The maximum Gasteiger partial charge on any atom is 1.00 e. The summed E-state index contributed by atoms with van der Waals surface area (Å²) in [5.74, 6) is -0.331. The van der Waals surface area contributed by atoms with E-state index in [1.165, 1.54) is 12.1 Å². The zero-order valence-electron chi connectivity index (χ0n) is 19.7. The molecule has 0 saturated carbocycles. The van der Waals surface area contributed by atoms with Gasteiger partial charge in [-0.3, -0.25) is 0 Å². The molecule has 2 aliphatic heterocycles. The van der Waals surface area contributed by atoms with E-state index in [4.69, 9.17) is 55.9 Å². The Morgan fingerprint density at radius 2 is 1.59 bits per heavy atom. The van der Waals surface area contributed by atoms with Gasteiger partial charge in [0.25, 0.3) is 0 Å². The van der Waals surface area contributed by atoms with Crippen molar-refractivity contribution in [1.29, 1.82) is 0 Å². The molecular formula is C27H16Cl4KNO4. The monoisotopic (exact) mass is 597 g/mol. The van der Waals surface area contributed by atoms with E-state index >= 15 is 0 Å². The Kier molecular flexibility index (Phi) is 7.46. The largest absolute Gasteiger partial charge is 1.00 e. The summed E-state index contributed by atoms with van der Waals surface area (Å²) >= 11 is 25.9. The van der Waals surface area contributed by atoms with Crippen LogP contribution in [0.15, 0.2) is 60.3 Å². The Bertz CT molecular complexity index is 1550. The zero-order valence-corrected chi connectivity index (χ0v) is 25.8. The van der Waals surface area contributed by atoms with Gasteiger partial charge in [-0.2, -0.15) is 0 Å². The standard InChI is InChI=1S/C27H17Cl4NO4.K/c1-32(13-5-3-2-4-6-13)14-7-9-16-18(11-14)35-19-12-15(33)8-10-17(19)27(16)21-20(26(34)36-27)22(28)24(30)25(31)23(21)29;/h3,5-12,33H,2,4H2,1H3;/q;+1/p-1. The predicted molar refractivity (Wildman–Crippen MR) is 139 cm³/mol. The van der Waals surface area contributed by atoms with E-state index < -0.39 is 11.6 Å². The van der Waals surface area contributed by atoms with Crippen molar-refractivity contribution in [2.45, 2.75) is 18.4 Å². The molecule has 3 aromatic carbocycles. The maximum absolute atomic E-state index is 13.3. The third-order valence-corrected chi connectivity index (χ3v) is 8.52. The van der Waals surface area contributed by atoms with Crippen molar-refractivity contribution in [2.75, 3.05) is 11.9 Å². The Balaban J connectivity index is 0.00000280. The Hall–Kier alpha value is -1.19. The number of rotatable bonds is 2. The van der Waals surface area contributed by atoms with Gasteiger partial charge in [-0.25, -0.2) is 4.79 Å². The first-order valence-corrected chi connectivity index (χ1v) is 12.6. The molecule has 0 bridgehead atoms. The molecule has 37 heavy (non-hydrogen) atoms. The minimum absolute atomic E-state index is 0. The van der Waals surface area contributed by atoms with Crippen molar-refractivity contribution in [2.24, 2.45) is 0 Å². The normalized spacial score (nSPS) is 18.7. The molecule has 1 spiro atoms. The quantitative estimate of drug-likeness (QED) is 0.186. The van der Waals surface area contributed by atoms with Crippen molar-refractivity contribution in [3.05, 3.63) is 103 Å². The molecule has 0 N–H and O–H groups in total. The molecule has 0 fully saturated rings. The Morgan fingerprint density at radius 3 is 2.30 bits per heavy atom. The van der Waals surface area contributed by atoms with E-state index in [1.54, 1.807) is 6.07 Å². The van der Waals surface area contributed by atoms with Crippen molar-refractivity contribution in [3.8, 4) is 17.2 Å². The minimum Gasteiger partial charge on any atom is -0.872 e. The number of hydrogen-bond acceptors (Lipinski definition) is 5. The summed E-state index contributed by atoms with van der Waals surface area (Å²) in [7, 11) is 1.95. The molecule has 0 amide bonds. The number of anilines is 1. The van der Waals surface area contributed by atoms with Crippen LogP contribution in [-0.4, -0.2) is 13.0 Å². The average Bonchev–Trinajstić information content (AvgIpc) is 3.19. The molecule has 2 heterocycles. The second-order valence-electron chi connectivity index (χ2n) is 8.68. The van der Waals surface area contributed by atoms with Gasteiger partial charge in [-0.15, -0.1) is 5.75 Å². The van der Waals surface area contributed by atoms with E-state index in [2.05, 4.69) is 18.2 Å². The molecule has 5 nitrogen and oxygen atoms in total. The van der Waals surface area contributed by atoms with E-state index in [0.29, 0.717) is 16.9 Å². The maximum atomic E-state index is 13.3. The van der Waals surface area contributed by atoms with Gasteiger partial charge in [-0.1, -0.05) is 70.7 Å². The first kappa shape index (κ1) is 27.4. The number of hydrogen-bond donors (Lipinski definition) is 0. The van der Waals surface area contributed by atoms with Gasteiger partial charge in [0.1, 0.15) is 11.5 Å². The van der Waals surface area contributed by atoms with Crippen LogP contribution in [0.3, 0.4) is 0 Å². The van der Waals surface area contributed by atoms with Crippen LogP contribution in [0.2, 0.25) is 20.1 Å². The molecule has 3 aliphatic rings. The van der Waals surface area contributed by atoms with Gasteiger partial charge in [-0.05, 0) is 37.1 Å². The van der Waals surface area contributed by atoms with E-state index in [-0.39, 0.29) is 94.1 Å². The third-order valence-electron chi connectivity index (χ3n) is 6.72. The fourth-order valence-electron chi connectivity index (χ4n) is 5.01. The van der Waals surface area contributed by atoms with Gasteiger partial charge in [0.2, 0.25) is 0 Å². The summed E-state index contributed by atoms with van der Waals surface area (Å²) in [6, 6.07) is 9.84. The van der Waals surface area contributed by atoms with Crippen LogP contribution in [0.5, 0.6) is 17.2 Å². The van der Waals surface area contributed by atoms with Gasteiger partial charge < -0.3 is 19.5 Å². The number of nitrogens with zero attached hydrogens (tertiary/aromatic N) is 1. The molecular weight excluding hydrogens is 583 g/mol. The van der Waals surface area contributed by atoms with Crippen molar-refractivity contribution >= 4 is 58.1 Å². The molecule has 1 unspecified atom stereocenters. The van der Waals surface area contributed by atoms with E-state index in [0.717, 1.165) is 24.2 Å². The van der Waals surface area contributed by atoms with Gasteiger partial charge in [0.15, 0.2) is 5.60 Å². The molecule has 182 valence electrons. The second-order valence-corrected chi connectivity index (χ2v) is 10.2. The predicted octanol–water partition coefficient (Wildman–Crippen LogP) is 4.62. The van der Waals surface area contributed by atoms with Crippen molar-refractivity contribution in [1.82, 2.24) is 0 Å². The second kappa shape index (κ2) is 10.1. The van der Waals surface area contributed by atoms with Gasteiger partial charge in [0.05, 0.1) is 25.7 Å². The first-order valence-electron chi connectivity index (χ1n) is 11.1. The minimum atomic E-state index is -1.54. The van der Waals surface area contributed by atoms with Gasteiger partial charge >= 0.3 is 57.4 Å². The van der Waals surface area contributed by atoms with Crippen LogP contribution in [0.4, 0.5) is 5.69 Å². The summed E-state index contributed by atoms with van der Waals surface area (Å²) < 4.78 is 12.3. The molecule has 0 radical (unpaired) electrons. The third kappa shape index (κ3) is 4.08. The summed E-state index contributed by atoms with van der Waals surface area (Å²) in [5.41, 5.74) is 1.57. The number of halogens is 4. The van der Waals surface area contributed by atoms with Crippen molar-refractivity contribution < 1.29 is 70.8 Å². The van der Waals surface area contributed by atoms with Crippen molar-refractivity contribution in [3.63, 3.8) is 0 Å². The SMILES string of the molecule is CN(C1=CCCC=C1)c1ccc2c(c1)Oc1cc([O-])ccc1C21OC(=O)c2c(Cl)c(Cl)c(Cl)c(Cl)c21.[K+]. The number of likely N-dealkylation sites (N-methyl/N-ethyl adjacent to an activating group) is 1. The van der Waals surface area contributed by atoms with Crippen LogP contribution < -0.4 is 66.1 Å². The molecule has 10 heteroatoms. The molecule has 0 saturated heterocycles. The van der Waals surface area contributed by atoms with Crippen LogP contribution in [0, 0.1) is 0 Å². The van der Waals surface area contributed by atoms with E-state index in [9.17, 15) is 9.90 Å². The Labute approximate surface area is 276 Å². The fraction of sp³-hybridized carbons (Fsp3) is 0.148. The molecule has 1 atom stereocenters. The fourth-order valence-corrected chi connectivity index (χ4v) is 6.07. The molecule has 1 aliphatic carbocycles. The zero-order chi connectivity index (χ0) is 25.4. The number of esters is 1. The smallest absolute Gasteiger partial charge is 0.872 e. The Morgan fingerprint density at radius 1 is 0.919 bits per heavy atom. The molecule has 3 aromatic rings. The van der Waals surface area contributed by atoms with Crippen LogP contribution in [0.1, 0.15) is 39.9 Å². The molecule has 6 rings (SSSR count). The number of carbonyl (C=O) groups is 1. The van der Waals surface area contributed by atoms with Crippen LogP contribution in [0.25, 0.3) is 0 Å². The number of fused-ring (bicyclic) bond motifs is 6. The van der Waals surface area contributed by atoms with Crippen LogP contribution >= 0.6 is 46.4 Å². The van der Waals surface area contributed by atoms with Gasteiger partial charge in [0, 0.05) is 41.2 Å². The molecule has 0 aromatic heterocycles. The number of allylic oxidation sites excluding steroid dienone is 3.